The van der Waals surface area contributed by atoms with Crippen LogP contribution in [0.3, 0.4) is 0 Å². The Labute approximate surface area is 148 Å². The lowest BCUT2D eigenvalue weighted by Gasteiger charge is -2.48. The van der Waals surface area contributed by atoms with Gasteiger partial charge in [0.1, 0.15) is 0 Å². The summed E-state index contributed by atoms with van der Waals surface area (Å²) in [5.41, 5.74) is 7.21. The van der Waals surface area contributed by atoms with Gasteiger partial charge >= 0.3 is 0 Å². The second kappa shape index (κ2) is 7.47. The van der Waals surface area contributed by atoms with Crippen molar-refractivity contribution in [3.63, 3.8) is 0 Å². The fraction of sp³-hybridized carbons (Fsp3) is 0.667. The summed E-state index contributed by atoms with van der Waals surface area (Å²) in [4.78, 5) is 37.1. The Kier molecular flexibility index (Phi) is 5.32. The van der Waals surface area contributed by atoms with Gasteiger partial charge in [-0.15, -0.1) is 0 Å². The number of likely N-dealkylation sites (tertiary alicyclic amines) is 2. The first-order valence-electron chi connectivity index (χ1n) is 9.04. The van der Waals surface area contributed by atoms with Gasteiger partial charge < -0.3 is 15.5 Å². The van der Waals surface area contributed by atoms with E-state index in [2.05, 4.69) is 9.97 Å². The van der Waals surface area contributed by atoms with Gasteiger partial charge in [-0.3, -0.25) is 19.6 Å². The van der Waals surface area contributed by atoms with Gasteiger partial charge in [0, 0.05) is 50.6 Å². The first kappa shape index (κ1) is 17.8. The molecule has 2 N–H and O–H groups in total. The van der Waals surface area contributed by atoms with Crippen molar-refractivity contribution < 1.29 is 9.59 Å². The summed E-state index contributed by atoms with van der Waals surface area (Å²) in [7, 11) is 0. The summed E-state index contributed by atoms with van der Waals surface area (Å²) in [6, 6.07) is 0. The lowest BCUT2D eigenvalue weighted by Crippen LogP contribution is -2.55. The number of piperidine rings is 2. The van der Waals surface area contributed by atoms with Crippen LogP contribution >= 0.6 is 0 Å². The predicted molar refractivity (Wildman–Crippen MR) is 93.3 cm³/mol. The van der Waals surface area contributed by atoms with E-state index < -0.39 is 0 Å². The van der Waals surface area contributed by atoms with Crippen LogP contribution in [0.4, 0.5) is 0 Å². The summed E-state index contributed by atoms with van der Waals surface area (Å²) >= 11 is 0. The normalized spacial score (nSPS) is 24.0. The molecular weight excluding hydrogens is 318 g/mol. The fourth-order valence-electron chi connectivity index (χ4n) is 3.98. The molecule has 136 valence electrons. The number of nitrogens with two attached hydrogens (primary N) is 1. The van der Waals surface area contributed by atoms with Gasteiger partial charge in [-0.25, -0.2) is 0 Å². The number of rotatable bonds is 4. The number of carbonyl (C=O) groups is 2. The molecule has 0 radical (unpaired) electrons. The number of amides is 2. The highest BCUT2D eigenvalue weighted by Crippen LogP contribution is 2.39. The van der Waals surface area contributed by atoms with Gasteiger partial charge in [-0.2, -0.15) is 0 Å². The topological polar surface area (TPSA) is 92.4 Å². The third-order valence-corrected chi connectivity index (χ3v) is 5.31. The molecule has 7 heteroatoms. The van der Waals surface area contributed by atoms with Crippen molar-refractivity contribution in [1.82, 2.24) is 19.8 Å². The van der Waals surface area contributed by atoms with Crippen LogP contribution in [0.25, 0.3) is 0 Å². The molecule has 2 aliphatic rings. The van der Waals surface area contributed by atoms with Crippen molar-refractivity contribution in [2.24, 2.45) is 11.1 Å². The number of nitrogens with zero attached hydrogens (tertiary/aromatic N) is 4. The fourth-order valence-corrected chi connectivity index (χ4v) is 3.98. The molecule has 0 bridgehead atoms. The molecule has 2 saturated heterocycles. The highest BCUT2D eigenvalue weighted by Gasteiger charge is 2.42. The molecule has 0 unspecified atom stereocenters. The van der Waals surface area contributed by atoms with Crippen molar-refractivity contribution in [2.45, 2.75) is 45.6 Å². The van der Waals surface area contributed by atoms with Gasteiger partial charge in [0.25, 0.3) is 0 Å². The van der Waals surface area contributed by atoms with E-state index >= 15 is 0 Å². The van der Waals surface area contributed by atoms with Crippen molar-refractivity contribution in [1.29, 1.82) is 0 Å². The molecule has 3 rings (SSSR count). The third-order valence-electron chi connectivity index (χ3n) is 5.31. The smallest absolute Gasteiger partial charge is 0.223 e. The van der Waals surface area contributed by atoms with Crippen LogP contribution in [0, 0.1) is 12.3 Å². The van der Waals surface area contributed by atoms with E-state index in [9.17, 15) is 9.59 Å². The predicted octanol–water partition coefficient (Wildman–Crippen LogP) is 0.865. The molecule has 2 fully saturated rings. The van der Waals surface area contributed by atoms with Crippen LogP contribution < -0.4 is 5.73 Å². The Morgan fingerprint density at radius 3 is 2.84 bits per heavy atom. The average molecular weight is 345 g/mol. The SMILES string of the molecule is Cc1cnc(CN2C[C@]3(CCCN(C(=O)CCN)C3)CCC2=O)cn1. The van der Waals surface area contributed by atoms with E-state index in [0.29, 0.717) is 32.5 Å². The Morgan fingerprint density at radius 2 is 2.12 bits per heavy atom. The monoisotopic (exact) mass is 345 g/mol. The lowest BCUT2D eigenvalue weighted by molar-refractivity contribution is -0.143. The van der Waals surface area contributed by atoms with Gasteiger partial charge in [0.15, 0.2) is 0 Å². The van der Waals surface area contributed by atoms with Gasteiger partial charge in [0.05, 0.1) is 24.1 Å². The summed E-state index contributed by atoms with van der Waals surface area (Å²) < 4.78 is 0. The number of hydrogen-bond donors (Lipinski definition) is 1. The van der Waals surface area contributed by atoms with Crippen LogP contribution in [0.2, 0.25) is 0 Å². The van der Waals surface area contributed by atoms with Crippen LogP contribution in [0.1, 0.15) is 43.5 Å². The minimum absolute atomic E-state index is 0.00848. The van der Waals surface area contributed by atoms with E-state index in [4.69, 9.17) is 5.73 Å². The molecule has 0 aromatic carbocycles. The summed E-state index contributed by atoms with van der Waals surface area (Å²) in [5.74, 6) is 0.299. The van der Waals surface area contributed by atoms with Crippen LogP contribution in [-0.2, 0) is 16.1 Å². The molecule has 25 heavy (non-hydrogen) atoms. The first-order chi connectivity index (χ1) is 12.0. The summed E-state index contributed by atoms with van der Waals surface area (Å²) in [6.45, 7) is 5.00. The highest BCUT2D eigenvalue weighted by molar-refractivity contribution is 5.78. The maximum atomic E-state index is 12.4. The van der Waals surface area contributed by atoms with Crippen molar-refractivity contribution in [2.75, 3.05) is 26.2 Å². The van der Waals surface area contributed by atoms with Gasteiger partial charge in [-0.05, 0) is 26.2 Å². The molecule has 2 aliphatic heterocycles. The number of aromatic nitrogens is 2. The maximum absolute atomic E-state index is 12.4. The molecule has 1 atom stereocenters. The largest absolute Gasteiger partial charge is 0.342 e. The molecule has 1 spiro atoms. The number of aryl methyl sites for hydroxylation is 1. The first-order valence-corrected chi connectivity index (χ1v) is 9.04. The molecule has 7 nitrogen and oxygen atoms in total. The molecule has 3 heterocycles. The van der Waals surface area contributed by atoms with E-state index in [-0.39, 0.29) is 17.2 Å². The average Bonchev–Trinajstić information content (AvgIpc) is 2.61. The molecule has 0 saturated carbocycles. The quantitative estimate of drug-likeness (QED) is 0.874. The Morgan fingerprint density at radius 1 is 1.28 bits per heavy atom. The molecular formula is C18H27N5O2. The van der Waals surface area contributed by atoms with Crippen molar-refractivity contribution in [3.05, 3.63) is 23.8 Å². The zero-order chi connectivity index (χ0) is 17.9. The molecule has 1 aromatic heterocycles. The summed E-state index contributed by atoms with van der Waals surface area (Å²) in [5, 5.41) is 0. The van der Waals surface area contributed by atoms with Crippen molar-refractivity contribution >= 4 is 11.8 Å². The maximum Gasteiger partial charge on any atom is 0.223 e. The van der Waals surface area contributed by atoms with E-state index in [1.54, 1.807) is 12.4 Å². The van der Waals surface area contributed by atoms with Crippen LogP contribution in [0.15, 0.2) is 12.4 Å². The highest BCUT2D eigenvalue weighted by atomic mass is 16.2. The minimum atomic E-state index is 0.00848. The second-order valence-electron chi connectivity index (χ2n) is 7.36. The molecule has 0 aliphatic carbocycles. The van der Waals surface area contributed by atoms with Crippen LogP contribution in [0.5, 0.6) is 0 Å². The van der Waals surface area contributed by atoms with Gasteiger partial charge in [-0.1, -0.05) is 0 Å². The van der Waals surface area contributed by atoms with Gasteiger partial charge in [0.2, 0.25) is 11.8 Å². The zero-order valence-electron chi connectivity index (χ0n) is 14.9. The molecule has 1 aromatic rings. The van der Waals surface area contributed by atoms with Crippen LogP contribution in [-0.4, -0.2) is 57.8 Å². The second-order valence-corrected chi connectivity index (χ2v) is 7.36. The molecule has 2 amide bonds. The number of hydrogen-bond acceptors (Lipinski definition) is 5. The lowest BCUT2D eigenvalue weighted by atomic mass is 9.73. The Hall–Kier alpha value is -2.02. The zero-order valence-corrected chi connectivity index (χ0v) is 14.9. The Balaban J connectivity index is 1.69. The third kappa shape index (κ3) is 4.15. The van der Waals surface area contributed by atoms with E-state index in [0.717, 1.165) is 43.7 Å². The van der Waals surface area contributed by atoms with E-state index in [1.807, 2.05) is 16.7 Å². The van der Waals surface area contributed by atoms with E-state index in [1.165, 1.54) is 0 Å². The number of carbonyl (C=O) groups excluding carboxylic acids is 2. The standard InChI is InChI=1S/C18H27N5O2/c1-14-9-21-15(10-20-14)11-23-13-18(6-3-16(23)24)5-2-8-22(12-18)17(25)4-7-19/h9-10H,2-8,11-13,19H2,1H3/t18-/m1/s1. The van der Waals surface area contributed by atoms with Crippen molar-refractivity contribution in [3.8, 4) is 0 Å². The Bertz CT molecular complexity index is 633. The minimum Gasteiger partial charge on any atom is -0.342 e. The summed E-state index contributed by atoms with van der Waals surface area (Å²) in [6.07, 6.45) is 7.31.